The van der Waals surface area contributed by atoms with E-state index < -0.39 is 5.91 Å². The Labute approximate surface area is 166 Å². The minimum atomic E-state index is -0.534. The first kappa shape index (κ1) is 18.2. The summed E-state index contributed by atoms with van der Waals surface area (Å²) >= 11 is 0. The van der Waals surface area contributed by atoms with Gasteiger partial charge in [-0.1, -0.05) is 18.2 Å². The van der Waals surface area contributed by atoms with Crippen LogP contribution in [-0.4, -0.2) is 22.3 Å². The van der Waals surface area contributed by atoms with Gasteiger partial charge in [-0.15, -0.1) is 0 Å². The Morgan fingerprint density at radius 3 is 2.59 bits per heavy atom. The molecule has 2 N–H and O–H groups in total. The third-order valence-corrected chi connectivity index (χ3v) is 4.47. The average molecular weight is 384 g/mol. The van der Waals surface area contributed by atoms with Crippen LogP contribution in [0.4, 0.5) is 5.69 Å². The number of phenolic OH excluding ortho intramolecular Hbond substituents is 1. The van der Waals surface area contributed by atoms with E-state index in [0.717, 1.165) is 11.1 Å². The average Bonchev–Trinajstić information content (AvgIpc) is 3.29. The van der Waals surface area contributed by atoms with Crippen molar-refractivity contribution in [2.45, 2.75) is 0 Å². The highest BCUT2D eigenvalue weighted by Gasteiger charge is 2.16. The lowest BCUT2D eigenvalue weighted by Gasteiger charge is -2.11. The number of phenols is 1. The van der Waals surface area contributed by atoms with Gasteiger partial charge in [-0.3, -0.25) is 14.6 Å². The first-order valence-electron chi connectivity index (χ1n) is 8.83. The summed E-state index contributed by atoms with van der Waals surface area (Å²) < 4.78 is 5.37. The van der Waals surface area contributed by atoms with E-state index in [2.05, 4.69) is 10.3 Å². The smallest absolute Gasteiger partial charge is 0.259 e. The second-order valence-corrected chi connectivity index (χ2v) is 6.32. The Bertz CT molecular complexity index is 1170. The van der Waals surface area contributed by atoms with Crippen molar-refractivity contribution in [3.05, 3.63) is 90.4 Å². The second kappa shape index (κ2) is 7.82. The fourth-order valence-corrected chi connectivity index (χ4v) is 2.98. The molecule has 6 nitrogen and oxygen atoms in total. The summed E-state index contributed by atoms with van der Waals surface area (Å²) in [6, 6.07) is 16.9. The van der Waals surface area contributed by atoms with Crippen LogP contribution in [0, 0.1) is 0 Å². The second-order valence-electron chi connectivity index (χ2n) is 6.32. The summed E-state index contributed by atoms with van der Waals surface area (Å²) in [4.78, 5) is 28.3. The first-order chi connectivity index (χ1) is 14.2. The molecule has 0 aliphatic carbocycles. The minimum absolute atomic E-state index is 0.0894. The molecule has 29 heavy (non-hydrogen) atoms. The van der Waals surface area contributed by atoms with Gasteiger partial charge in [-0.05, 0) is 48.0 Å². The van der Waals surface area contributed by atoms with E-state index in [1.165, 1.54) is 6.07 Å². The maximum absolute atomic E-state index is 12.9. The van der Waals surface area contributed by atoms with Crippen molar-refractivity contribution in [2.75, 3.05) is 5.32 Å². The molecule has 0 unspecified atom stereocenters. The predicted octanol–water partition coefficient (Wildman–Crippen LogP) is 4.78. The van der Waals surface area contributed by atoms with Gasteiger partial charge in [-0.2, -0.15) is 0 Å². The van der Waals surface area contributed by atoms with Crippen molar-refractivity contribution in [3.8, 4) is 28.2 Å². The largest absolute Gasteiger partial charge is 0.507 e. The summed E-state index contributed by atoms with van der Waals surface area (Å²) in [5, 5.41) is 12.9. The van der Waals surface area contributed by atoms with E-state index in [4.69, 9.17) is 4.42 Å². The van der Waals surface area contributed by atoms with E-state index in [0.29, 0.717) is 28.9 Å². The van der Waals surface area contributed by atoms with Gasteiger partial charge in [-0.25, -0.2) is 0 Å². The fraction of sp³-hybridized carbons (Fsp3) is 0. The number of furan rings is 1. The monoisotopic (exact) mass is 384 g/mol. The number of hydrogen-bond donors (Lipinski definition) is 2. The zero-order chi connectivity index (χ0) is 20.2. The number of benzene rings is 2. The van der Waals surface area contributed by atoms with Crippen LogP contribution in [0.5, 0.6) is 5.75 Å². The van der Waals surface area contributed by atoms with Crippen molar-refractivity contribution in [1.29, 1.82) is 0 Å². The number of nitrogens with one attached hydrogen (secondary N) is 1. The zero-order valence-electron chi connectivity index (χ0n) is 15.2. The zero-order valence-corrected chi connectivity index (χ0v) is 15.2. The van der Waals surface area contributed by atoms with Crippen LogP contribution < -0.4 is 5.32 Å². The molecule has 6 heteroatoms. The molecule has 4 rings (SSSR count). The van der Waals surface area contributed by atoms with Crippen LogP contribution in [0.2, 0.25) is 0 Å². The molecular weight excluding hydrogens is 368 g/mol. The molecule has 142 valence electrons. The summed E-state index contributed by atoms with van der Waals surface area (Å²) in [6.45, 7) is 0. The molecule has 1 amide bonds. The van der Waals surface area contributed by atoms with Crippen LogP contribution in [0.15, 0.2) is 83.7 Å². The van der Waals surface area contributed by atoms with Gasteiger partial charge in [0.2, 0.25) is 0 Å². The van der Waals surface area contributed by atoms with E-state index >= 15 is 0 Å². The Kier molecular flexibility index (Phi) is 4.90. The Morgan fingerprint density at radius 1 is 1.00 bits per heavy atom. The molecule has 2 aromatic carbocycles. The number of hydrogen-bond acceptors (Lipinski definition) is 5. The van der Waals surface area contributed by atoms with Crippen molar-refractivity contribution < 1.29 is 19.1 Å². The van der Waals surface area contributed by atoms with Crippen molar-refractivity contribution >= 4 is 17.9 Å². The molecule has 0 atom stereocenters. The molecule has 0 radical (unpaired) electrons. The lowest BCUT2D eigenvalue weighted by Crippen LogP contribution is -2.13. The lowest BCUT2D eigenvalue weighted by molar-refractivity contribution is 0.102. The lowest BCUT2D eigenvalue weighted by atomic mass is 10.0. The van der Waals surface area contributed by atoms with Crippen LogP contribution in [0.3, 0.4) is 0 Å². The summed E-state index contributed by atoms with van der Waals surface area (Å²) in [5.41, 5.74) is 2.99. The summed E-state index contributed by atoms with van der Waals surface area (Å²) in [6.07, 6.45) is 5.53. The quantitative estimate of drug-likeness (QED) is 0.483. The number of carbonyl (C=O) groups is 2. The topological polar surface area (TPSA) is 92.4 Å². The summed E-state index contributed by atoms with van der Waals surface area (Å²) in [5.74, 6) is -0.0858. The fourth-order valence-electron chi connectivity index (χ4n) is 2.98. The molecule has 0 aliphatic heterocycles. The normalized spacial score (nSPS) is 10.5. The van der Waals surface area contributed by atoms with Gasteiger partial charge in [0, 0.05) is 29.1 Å². The number of aromatic hydroxyl groups is 1. The number of aldehydes is 1. The van der Waals surface area contributed by atoms with Crippen molar-refractivity contribution in [2.24, 2.45) is 0 Å². The molecule has 2 aromatic heterocycles. The third kappa shape index (κ3) is 3.77. The highest BCUT2D eigenvalue weighted by molar-refractivity contribution is 6.09. The number of nitrogens with zero attached hydrogens (tertiary/aromatic N) is 1. The molecule has 0 bridgehead atoms. The maximum Gasteiger partial charge on any atom is 0.259 e. The number of pyridine rings is 1. The first-order valence-corrected chi connectivity index (χ1v) is 8.83. The van der Waals surface area contributed by atoms with Crippen molar-refractivity contribution in [1.82, 2.24) is 4.98 Å². The van der Waals surface area contributed by atoms with Crippen LogP contribution in [0.1, 0.15) is 20.7 Å². The Morgan fingerprint density at radius 2 is 1.86 bits per heavy atom. The SMILES string of the molecule is O=Cc1ccc(-c2ccco2)cc1NC(=O)c1cc(-c2cccnc2)ccc1O. The highest BCUT2D eigenvalue weighted by Crippen LogP contribution is 2.29. The van der Waals surface area contributed by atoms with E-state index in [1.807, 2.05) is 6.07 Å². The standard InChI is InChI=1S/C23H16N2O4/c26-14-18-6-5-16(22-4-2-10-29-22)12-20(18)25-23(28)19-11-15(7-8-21(19)27)17-3-1-9-24-13-17/h1-14,27H,(H,25,28). The van der Waals surface area contributed by atoms with Gasteiger partial charge in [0.25, 0.3) is 5.91 Å². The molecule has 0 spiro atoms. The number of aromatic nitrogens is 1. The molecule has 4 aromatic rings. The van der Waals surface area contributed by atoms with Crippen LogP contribution >= 0.6 is 0 Å². The van der Waals surface area contributed by atoms with E-state index in [9.17, 15) is 14.7 Å². The third-order valence-electron chi connectivity index (χ3n) is 4.47. The molecule has 0 saturated carbocycles. The van der Waals surface area contributed by atoms with Gasteiger partial charge in [0.05, 0.1) is 17.5 Å². The van der Waals surface area contributed by atoms with E-state index in [-0.39, 0.29) is 11.3 Å². The number of carbonyl (C=O) groups excluding carboxylic acids is 2. The van der Waals surface area contributed by atoms with Crippen LogP contribution in [-0.2, 0) is 0 Å². The molecule has 0 saturated heterocycles. The Hall–Kier alpha value is -4.19. The number of rotatable bonds is 5. The van der Waals surface area contributed by atoms with Gasteiger partial charge < -0.3 is 14.8 Å². The van der Waals surface area contributed by atoms with E-state index in [1.54, 1.807) is 67.2 Å². The molecular formula is C23H16N2O4. The predicted molar refractivity (Wildman–Crippen MR) is 109 cm³/mol. The molecule has 0 fully saturated rings. The van der Waals surface area contributed by atoms with Gasteiger partial charge in [0.15, 0.2) is 6.29 Å². The molecule has 2 heterocycles. The summed E-state index contributed by atoms with van der Waals surface area (Å²) in [7, 11) is 0. The maximum atomic E-state index is 12.9. The number of anilines is 1. The molecule has 0 aliphatic rings. The van der Waals surface area contributed by atoms with Crippen molar-refractivity contribution in [3.63, 3.8) is 0 Å². The van der Waals surface area contributed by atoms with Gasteiger partial charge in [0.1, 0.15) is 11.5 Å². The Balaban J connectivity index is 1.68. The van der Waals surface area contributed by atoms with Crippen LogP contribution in [0.25, 0.3) is 22.5 Å². The van der Waals surface area contributed by atoms with Gasteiger partial charge >= 0.3 is 0 Å². The number of amides is 1. The minimum Gasteiger partial charge on any atom is -0.507 e. The highest BCUT2D eigenvalue weighted by atomic mass is 16.3.